The van der Waals surface area contributed by atoms with Crippen LogP contribution in [0.25, 0.3) is 21.3 Å². The van der Waals surface area contributed by atoms with Gasteiger partial charge in [0.25, 0.3) is 0 Å². The largest absolute Gasteiger partial charge is 0.493 e. The van der Waals surface area contributed by atoms with Crippen molar-refractivity contribution in [3.63, 3.8) is 0 Å². The summed E-state index contributed by atoms with van der Waals surface area (Å²) < 4.78 is 10.7. The minimum Gasteiger partial charge on any atom is -0.493 e. The van der Waals surface area contributed by atoms with E-state index in [4.69, 9.17) is 9.47 Å². The second kappa shape index (κ2) is 4.90. The van der Waals surface area contributed by atoms with Gasteiger partial charge in [0, 0.05) is 11.6 Å². The van der Waals surface area contributed by atoms with E-state index in [-0.39, 0.29) is 0 Å². The number of hydrogen-bond acceptors (Lipinski definition) is 4. The van der Waals surface area contributed by atoms with Gasteiger partial charge in [-0.05, 0) is 29.0 Å². The first kappa shape index (κ1) is 12.0. The van der Waals surface area contributed by atoms with Crippen molar-refractivity contribution in [3.05, 3.63) is 41.9 Å². The van der Waals surface area contributed by atoms with Crippen molar-refractivity contribution in [2.45, 2.75) is 0 Å². The van der Waals surface area contributed by atoms with Crippen LogP contribution >= 0.6 is 11.3 Å². The minimum atomic E-state index is 0.723. The second-order valence-electron chi connectivity index (χ2n) is 4.07. The number of methoxy groups -OCH3 is 2. The fourth-order valence-electron chi connectivity index (χ4n) is 2.10. The van der Waals surface area contributed by atoms with E-state index in [1.165, 1.54) is 0 Å². The summed E-state index contributed by atoms with van der Waals surface area (Å²) in [7, 11) is 3.28. The van der Waals surface area contributed by atoms with Crippen molar-refractivity contribution in [1.29, 1.82) is 0 Å². The molecule has 0 atom stereocenters. The summed E-state index contributed by atoms with van der Waals surface area (Å²) in [5, 5.41) is 4.11. The smallest absolute Gasteiger partial charge is 0.170 e. The van der Waals surface area contributed by atoms with Gasteiger partial charge in [0.05, 0.1) is 24.8 Å². The van der Waals surface area contributed by atoms with Gasteiger partial charge in [-0.2, -0.15) is 0 Å². The summed E-state index contributed by atoms with van der Waals surface area (Å²) in [6.07, 6.45) is 1.84. The van der Waals surface area contributed by atoms with Crippen LogP contribution in [0.4, 0.5) is 0 Å². The second-order valence-corrected chi connectivity index (χ2v) is 5.02. The number of nitrogens with zero attached hydrogens (tertiary/aromatic N) is 1. The quantitative estimate of drug-likeness (QED) is 0.722. The van der Waals surface area contributed by atoms with Crippen LogP contribution in [0.1, 0.15) is 0 Å². The zero-order chi connectivity index (χ0) is 13.2. The van der Waals surface area contributed by atoms with Crippen molar-refractivity contribution in [3.8, 4) is 22.1 Å². The molecule has 0 spiro atoms. The van der Waals surface area contributed by atoms with E-state index in [2.05, 4.69) is 22.5 Å². The molecule has 0 saturated heterocycles. The monoisotopic (exact) mass is 271 g/mol. The van der Waals surface area contributed by atoms with Crippen LogP contribution in [-0.2, 0) is 0 Å². The van der Waals surface area contributed by atoms with Gasteiger partial charge in [-0.3, -0.25) is 4.98 Å². The average molecular weight is 271 g/mol. The highest BCUT2D eigenvalue weighted by molar-refractivity contribution is 7.13. The van der Waals surface area contributed by atoms with E-state index in [1.807, 2.05) is 24.4 Å². The molecule has 0 saturated carbocycles. The predicted octanol–water partition coefficient (Wildman–Crippen LogP) is 3.98. The van der Waals surface area contributed by atoms with Crippen LogP contribution < -0.4 is 9.47 Å². The number of aromatic nitrogens is 1. The first-order chi connectivity index (χ1) is 9.33. The van der Waals surface area contributed by atoms with Gasteiger partial charge in [-0.25, -0.2) is 0 Å². The van der Waals surface area contributed by atoms with Crippen LogP contribution in [0.2, 0.25) is 0 Å². The molecule has 0 aliphatic rings. The maximum absolute atomic E-state index is 5.42. The Balaban J connectivity index is 2.20. The van der Waals surface area contributed by atoms with E-state index in [0.29, 0.717) is 0 Å². The first-order valence-corrected chi connectivity index (χ1v) is 6.76. The number of thiophene rings is 1. The summed E-state index contributed by atoms with van der Waals surface area (Å²) in [6.45, 7) is 0. The molecule has 3 nitrogen and oxygen atoms in total. The molecule has 2 heterocycles. The minimum absolute atomic E-state index is 0.723. The molecule has 1 aromatic carbocycles. The molecule has 0 N–H and O–H groups in total. The van der Waals surface area contributed by atoms with Crippen LogP contribution in [0, 0.1) is 0 Å². The molecule has 3 aromatic rings. The molecule has 0 aliphatic heterocycles. The van der Waals surface area contributed by atoms with Gasteiger partial charge < -0.3 is 9.47 Å². The first-order valence-electron chi connectivity index (χ1n) is 5.88. The van der Waals surface area contributed by atoms with Crippen molar-refractivity contribution in [2.24, 2.45) is 0 Å². The summed E-state index contributed by atoms with van der Waals surface area (Å²) in [5.74, 6) is 1.45. The number of benzene rings is 1. The maximum Gasteiger partial charge on any atom is 0.170 e. The molecular weight excluding hydrogens is 258 g/mol. The van der Waals surface area contributed by atoms with Gasteiger partial charge >= 0.3 is 0 Å². The molecule has 4 heteroatoms. The Morgan fingerprint density at radius 1 is 1.11 bits per heavy atom. The maximum atomic E-state index is 5.42. The lowest BCUT2D eigenvalue weighted by atomic mass is 10.1. The van der Waals surface area contributed by atoms with Crippen molar-refractivity contribution < 1.29 is 9.47 Å². The van der Waals surface area contributed by atoms with Crippen LogP contribution in [0.3, 0.4) is 0 Å². The topological polar surface area (TPSA) is 31.4 Å². The molecule has 2 aromatic heterocycles. The molecule has 0 bridgehead atoms. The Bertz CT molecular complexity index is 707. The van der Waals surface area contributed by atoms with Gasteiger partial charge in [0.15, 0.2) is 11.5 Å². The number of rotatable bonds is 3. The summed E-state index contributed by atoms with van der Waals surface area (Å²) in [4.78, 5) is 5.67. The van der Waals surface area contributed by atoms with Gasteiger partial charge in [0.1, 0.15) is 0 Å². The molecule has 0 unspecified atom stereocenters. The Hall–Kier alpha value is -2.07. The normalized spacial score (nSPS) is 10.6. The number of pyridine rings is 1. The highest BCUT2D eigenvalue weighted by atomic mass is 32.1. The lowest BCUT2D eigenvalue weighted by molar-refractivity contribution is 0.358. The van der Waals surface area contributed by atoms with Crippen LogP contribution in [0.5, 0.6) is 11.5 Å². The van der Waals surface area contributed by atoms with E-state index < -0.39 is 0 Å². The standard InChI is InChI=1S/C15H13NO2S/c1-17-13-6-5-10-8-12(14-4-3-7-19-14)16-9-11(10)15(13)18-2/h3-9H,1-2H3. The Kier molecular flexibility index (Phi) is 3.09. The van der Waals surface area contributed by atoms with Crippen molar-refractivity contribution >= 4 is 22.1 Å². The summed E-state index contributed by atoms with van der Waals surface area (Å²) >= 11 is 1.68. The Morgan fingerprint density at radius 2 is 2.00 bits per heavy atom. The molecule has 0 fully saturated rings. The zero-order valence-corrected chi connectivity index (χ0v) is 11.5. The van der Waals surface area contributed by atoms with E-state index in [9.17, 15) is 0 Å². The third kappa shape index (κ3) is 2.04. The van der Waals surface area contributed by atoms with Gasteiger partial charge in [0.2, 0.25) is 0 Å². The van der Waals surface area contributed by atoms with E-state index >= 15 is 0 Å². The average Bonchev–Trinajstić information content (AvgIpc) is 2.99. The highest BCUT2D eigenvalue weighted by Crippen LogP contribution is 2.36. The predicted molar refractivity (Wildman–Crippen MR) is 78.2 cm³/mol. The molecule has 0 amide bonds. The van der Waals surface area contributed by atoms with Crippen molar-refractivity contribution in [2.75, 3.05) is 14.2 Å². The zero-order valence-electron chi connectivity index (χ0n) is 10.7. The van der Waals surface area contributed by atoms with E-state index in [1.54, 1.807) is 25.6 Å². The van der Waals surface area contributed by atoms with E-state index in [0.717, 1.165) is 32.8 Å². The van der Waals surface area contributed by atoms with Gasteiger partial charge in [-0.15, -0.1) is 11.3 Å². The molecule has 0 aliphatic carbocycles. The molecule has 19 heavy (non-hydrogen) atoms. The van der Waals surface area contributed by atoms with Crippen LogP contribution in [0.15, 0.2) is 41.9 Å². The molecule has 3 rings (SSSR count). The lowest BCUT2D eigenvalue weighted by Crippen LogP contribution is -1.92. The van der Waals surface area contributed by atoms with Crippen LogP contribution in [-0.4, -0.2) is 19.2 Å². The third-order valence-corrected chi connectivity index (χ3v) is 3.91. The highest BCUT2D eigenvalue weighted by Gasteiger charge is 2.10. The number of hydrogen-bond donors (Lipinski definition) is 0. The van der Waals surface area contributed by atoms with Gasteiger partial charge in [-0.1, -0.05) is 12.1 Å². The lowest BCUT2D eigenvalue weighted by Gasteiger charge is -2.10. The third-order valence-electron chi connectivity index (χ3n) is 3.02. The Labute approximate surface area is 115 Å². The molecular formula is C15H13NO2S. The molecule has 0 radical (unpaired) electrons. The SMILES string of the molecule is COc1ccc2cc(-c3cccs3)ncc2c1OC. The summed E-state index contributed by atoms with van der Waals surface area (Å²) in [6, 6.07) is 10.1. The number of fused-ring (bicyclic) bond motifs is 1. The summed E-state index contributed by atoms with van der Waals surface area (Å²) in [5.41, 5.74) is 0.981. The molecule has 96 valence electrons. The van der Waals surface area contributed by atoms with Crippen molar-refractivity contribution in [1.82, 2.24) is 4.98 Å². The Morgan fingerprint density at radius 3 is 2.68 bits per heavy atom. The fourth-order valence-corrected chi connectivity index (χ4v) is 2.80. The number of ether oxygens (including phenoxy) is 2. The fraction of sp³-hybridized carbons (Fsp3) is 0.133.